The number of fused-ring (bicyclic) bond motifs is 9. The van der Waals surface area contributed by atoms with Crippen molar-refractivity contribution in [3.63, 3.8) is 0 Å². The van der Waals surface area contributed by atoms with E-state index in [9.17, 15) is 0 Å². The van der Waals surface area contributed by atoms with Gasteiger partial charge in [0.15, 0.2) is 0 Å². The molecule has 4 bridgehead atoms. The maximum Gasteiger partial charge on any atom is -0.0223 e. The molecule has 0 heterocycles. The summed E-state index contributed by atoms with van der Waals surface area (Å²) >= 11 is 0. The molecule has 0 aromatic carbocycles. The van der Waals surface area contributed by atoms with E-state index in [1.54, 1.807) is 32.1 Å². The van der Waals surface area contributed by atoms with Gasteiger partial charge in [-0.25, -0.2) is 0 Å². The van der Waals surface area contributed by atoms with Gasteiger partial charge in [-0.2, -0.15) is 0 Å². The van der Waals surface area contributed by atoms with E-state index >= 15 is 0 Å². The van der Waals surface area contributed by atoms with E-state index in [1.807, 2.05) is 0 Å². The largest absolute Gasteiger partial charge is 0.0959 e. The summed E-state index contributed by atoms with van der Waals surface area (Å²) in [4.78, 5) is 0. The number of hydrogen-bond donors (Lipinski definition) is 0. The first-order chi connectivity index (χ1) is 11.0. The summed E-state index contributed by atoms with van der Waals surface area (Å²) in [5, 5.41) is 0. The van der Waals surface area contributed by atoms with Crippen molar-refractivity contribution < 1.29 is 0 Å². The van der Waals surface area contributed by atoms with Crippen LogP contribution < -0.4 is 0 Å². The fourth-order valence-electron chi connectivity index (χ4n) is 8.00. The number of hydrogen-bond acceptors (Lipinski definition) is 0. The molecule has 0 aromatic heterocycles. The zero-order chi connectivity index (χ0) is 16.4. The molecule has 0 N–H and O–H groups in total. The van der Waals surface area contributed by atoms with E-state index in [0.29, 0.717) is 5.41 Å². The highest BCUT2D eigenvalue weighted by atomic mass is 14.7. The van der Waals surface area contributed by atoms with E-state index in [2.05, 4.69) is 33.9 Å². The summed E-state index contributed by atoms with van der Waals surface area (Å²) in [6.45, 7) is 15.6. The Morgan fingerprint density at radius 2 is 1.57 bits per heavy atom. The molecule has 4 fully saturated rings. The topological polar surface area (TPSA) is 0 Å². The van der Waals surface area contributed by atoms with Crippen molar-refractivity contribution in [2.24, 2.45) is 46.8 Å². The highest BCUT2D eigenvalue weighted by molar-refractivity contribution is 5.25. The van der Waals surface area contributed by atoms with Crippen molar-refractivity contribution in [2.75, 3.05) is 0 Å². The summed E-state index contributed by atoms with van der Waals surface area (Å²) < 4.78 is 0. The van der Waals surface area contributed by atoms with Crippen LogP contribution in [0.3, 0.4) is 0 Å². The Hall–Kier alpha value is -0.520. The molecule has 4 aliphatic rings. The Bertz CT molecular complexity index is 508. The first-order valence-corrected chi connectivity index (χ1v) is 10.3. The first-order valence-electron chi connectivity index (χ1n) is 10.3. The minimum absolute atomic E-state index is 0.502. The second-order valence-electron chi connectivity index (χ2n) is 9.62. The summed E-state index contributed by atoms with van der Waals surface area (Å²) in [5.74, 6) is 7.61. The molecule has 4 aliphatic carbocycles. The molecule has 0 nitrogen and oxygen atoms in total. The van der Waals surface area contributed by atoms with Crippen molar-refractivity contribution in [1.82, 2.24) is 0 Å². The van der Waals surface area contributed by atoms with Gasteiger partial charge in [-0.15, -0.1) is 0 Å². The van der Waals surface area contributed by atoms with Gasteiger partial charge < -0.3 is 0 Å². The standard InChI is InChI=1S/C23H36/c1-6-23(7-2,13-15(5)14(3)4)20-12-18-11-19(20)22-17-9-8-16(10-17)21(18)22/h16-22H,3,5-13H2,1-2,4H3. The Labute approximate surface area is 143 Å². The van der Waals surface area contributed by atoms with Crippen LogP contribution in [-0.4, -0.2) is 0 Å². The van der Waals surface area contributed by atoms with Crippen LogP contribution in [0.1, 0.15) is 72.1 Å². The third kappa shape index (κ3) is 2.16. The Morgan fingerprint density at radius 1 is 0.913 bits per heavy atom. The normalized spacial score (nSPS) is 43.9. The zero-order valence-electron chi connectivity index (χ0n) is 15.6. The van der Waals surface area contributed by atoms with Crippen molar-refractivity contribution in [2.45, 2.75) is 72.1 Å². The second-order valence-corrected chi connectivity index (χ2v) is 9.62. The van der Waals surface area contributed by atoms with Gasteiger partial charge in [0.2, 0.25) is 0 Å². The van der Waals surface area contributed by atoms with Crippen LogP contribution >= 0.6 is 0 Å². The van der Waals surface area contributed by atoms with Crippen LogP contribution in [0.2, 0.25) is 0 Å². The highest BCUT2D eigenvalue weighted by Crippen LogP contribution is 2.71. The summed E-state index contributed by atoms with van der Waals surface area (Å²) in [7, 11) is 0. The molecule has 0 heteroatoms. The number of rotatable bonds is 6. The van der Waals surface area contributed by atoms with Gasteiger partial charge in [0.1, 0.15) is 0 Å². The van der Waals surface area contributed by atoms with Gasteiger partial charge in [0, 0.05) is 0 Å². The van der Waals surface area contributed by atoms with Crippen LogP contribution in [0.25, 0.3) is 0 Å². The number of allylic oxidation sites excluding steroid dienone is 2. The van der Waals surface area contributed by atoms with Gasteiger partial charge in [-0.05, 0) is 105 Å². The molecule has 7 unspecified atom stereocenters. The lowest BCUT2D eigenvalue weighted by Gasteiger charge is -2.48. The van der Waals surface area contributed by atoms with Crippen LogP contribution in [0.4, 0.5) is 0 Å². The Kier molecular flexibility index (Phi) is 3.82. The maximum atomic E-state index is 4.37. The van der Waals surface area contributed by atoms with Crippen molar-refractivity contribution >= 4 is 0 Å². The predicted molar refractivity (Wildman–Crippen MR) is 99.1 cm³/mol. The fourth-order valence-corrected chi connectivity index (χ4v) is 8.00. The average Bonchev–Trinajstić information content (AvgIpc) is 3.30. The van der Waals surface area contributed by atoms with E-state index in [-0.39, 0.29) is 0 Å². The van der Waals surface area contributed by atoms with Gasteiger partial charge in [-0.3, -0.25) is 0 Å². The fraction of sp³-hybridized carbons (Fsp3) is 0.826. The summed E-state index contributed by atoms with van der Waals surface area (Å²) in [6.07, 6.45) is 11.7. The third-order valence-electron chi connectivity index (χ3n) is 9.10. The molecule has 23 heavy (non-hydrogen) atoms. The van der Waals surface area contributed by atoms with Gasteiger partial charge in [0.05, 0.1) is 0 Å². The van der Waals surface area contributed by atoms with Gasteiger partial charge in [0.25, 0.3) is 0 Å². The van der Waals surface area contributed by atoms with Crippen molar-refractivity contribution in [3.05, 3.63) is 24.3 Å². The van der Waals surface area contributed by atoms with Gasteiger partial charge >= 0.3 is 0 Å². The molecule has 0 aromatic rings. The van der Waals surface area contributed by atoms with Crippen molar-refractivity contribution in [3.8, 4) is 0 Å². The monoisotopic (exact) mass is 312 g/mol. The maximum absolute atomic E-state index is 4.37. The van der Waals surface area contributed by atoms with Crippen LogP contribution in [0.15, 0.2) is 24.3 Å². The summed E-state index contributed by atoms with van der Waals surface area (Å²) in [5.41, 5.74) is 3.03. The van der Waals surface area contributed by atoms with Crippen LogP contribution in [0.5, 0.6) is 0 Å². The molecule has 0 aliphatic heterocycles. The molecule has 0 saturated heterocycles. The minimum atomic E-state index is 0.502. The first kappa shape index (κ1) is 16.0. The SMILES string of the molecule is C=C(C)C(=C)CC(CC)(CC)C1CC2CC1C1C3CCC(C3)C21. The molecule has 0 radical (unpaired) electrons. The quantitative estimate of drug-likeness (QED) is 0.381. The lowest BCUT2D eigenvalue weighted by molar-refractivity contribution is 0.0178. The van der Waals surface area contributed by atoms with E-state index in [1.165, 1.54) is 30.4 Å². The highest BCUT2D eigenvalue weighted by Gasteiger charge is 2.64. The Morgan fingerprint density at radius 3 is 2.17 bits per heavy atom. The van der Waals surface area contributed by atoms with E-state index < -0.39 is 0 Å². The molecular formula is C23H36. The molecule has 0 spiro atoms. The second kappa shape index (κ2) is 5.50. The van der Waals surface area contributed by atoms with E-state index in [0.717, 1.165) is 41.4 Å². The minimum Gasteiger partial charge on any atom is -0.0959 e. The summed E-state index contributed by atoms with van der Waals surface area (Å²) in [6, 6.07) is 0. The predicted octanol–water partition coefficient (Wildman–Crippen LogP) is 6.63. The molecule has 4 rings (SSSR count). The molecule has 4 saturated carbocycles. The zero-order valence-corrected chi connectivity index (χ0v) is 15.6. The van der Waals surface area contributed by atoms with Crippen molar-refractivity contribution in [1.29, 1.82) is 0 Å². The van der Waals surface area contributed by atoms with Gasteiger partial charge in [-0.1, -0.05) is 38.2 Å². The van der Waals surface area contributed by atoms with Crippen LogP contribution in [-0.2, 0) is 0 Å². The lowest BCUT2D eigenvalue weighted by Crippen LogP contribution is -2.41. The third-order valence-corrected chi connectivity index (χ3v) is 9.10. The van der Waals surface area contributed by atoms with E-state index in [4.69, 9.17) is 0 Å². The molecule has 0 amide bonds. The lowest BCUT2D eigenvalue weighted by atomic mass is 9.57. The molecular weight excluding hydrogens is 276 g/mol. The molecule has 7 atom stereocenters. The Balaban J connectivity index is 1.59. The molecule has 128 valence electrons. The average molecular weight is 313 g/mol. The van der Waals surface area contributed by atoms with Crippen LogP contribution in [0, 0.1) is 46.8 Å². The smallest absolute Gasteiger partial charge is 0.0223 e.